The number of hydrogen-bond donors (Lipinski definition) is 2. The van der Waals surface area contributed by atoms with Crippen molar-refractivity contribution in [2.24, 2.45) is 5.73 Å². The number of aromatic nitrogens is 3. The van der Waals surface area contributed by atoms with Gasteiger partial charge in [-0.05, 0) is 52.2 Å². The molecule has 2 aromatic heterocycles. The quantitative estimate of drug-likeness (QED) is 0.348. The van der Waals surface area contributed by atoms with Gasteiger partial charge >= 0.3 is 0 Å². The van der Waals surface area contributed by atoms with Gasteiger partial charge in [0.25, 0.3) is 5.91 Å². The van der Waals surface area contributed by atoms with E-state index in [-0.39, 0.29) is 6.10 Å². The molecule has 0 unspecified atom stereocenters. The van der Waals surface area contributed by atoms with Crippen molar-refractivity contribution >= 4 is 34.1 Å². The van der Waals surface area contributed by atoms with E-state index in [1.807, 2.05) is 60.9 Å². The van der Waals surface area contributed by atoms with Crippen LogP contribution in [-0.4, -0.2) is 65.7 Å². The fraction of sp³-hybridized carbons (Fsp3) is 0.296. The summed E-state index contributed by atoms with van der Waals surface area (Å²) in [5.41, 5.74) is 8.72. The highest BCUT2D eigenvalue weighted by molar-refractivity contribution is 6.06. The number of amides is 1. The molecule has 4 aromatic rings. The number of primary amides is 1. The molecule has 2 heterocycles. The predicted octanol–water partition coefficient (Wildman–Crippen LogP) is 4.05. The first-order valence-corrected chi connectivity index (χ1v) is 11.9. The van der Waals surface area contributed by atoms with Gasteiger partial charge in [-0.15, -0.1) is 0 Å². The highest BCUT2D eigenvalue weighted by Crippen LogP contribution is 2.33. The van der Waals surface area contributed by atoms with E-state index in [9.17, 15) is 4.79 Å². The van der Waals surface area contributed by atoms with Gasteiger partial charge in [0.1, 0.15) is 11.6 Å². The highest BCUT2D eigenvalue weighted by Gasteiger charge is 2.15. The Morgan fingerprint density at radius 2 is 1.89 bits per heavy atom. The summed E-state index contributed by atoms with van der Waals surface area (Å²) >= 11 is 0. The molecule has 0 fully saturated rings. The number of anilines is 3. The van der Waals surface area contributed by atoms with Gasteiger partial charge in [-0.2, -0.15) is 4.98 Å². The molecule has 0 spiro atoms. The number of benzene rings is 2. The zero-order chi connectivity index (χ0) is 25.8. The van der Waals surface area contributed by atoms with E-state index in [2.05, 4.69) is 46.2 Å². The van der Waals surface area contributed by atoms with Crippen LogP contribution in [-0.2, 0) is 0 Å². The van der Waals surface area contributed by atoms with Gasteiger partial charge in [-0.1, -0.05) is 18.2 Å². The van der Waals surface area contributed by atoms with E-state index in [0.717, 1.165) is 41.1 Å². The average Bonchev–Trinajstić information content (AvgIpc) is 3.23. The normalized spacial score (nSPS) is 11.3. The first kappa shape index (κ1) is 25.0. The van der Waals surface area contributed by atoms with Gasteiger partial charge in [0.2, 0.25) is 5.95 Å². The Morgan fingerprint density at radius 3 is 2.61 bits per heavy atom. The first-order valence-electron chi connectivity index (χ1n) is 11.9. The maximum absolute atomic E-state index is 12.0. The number of carbonyl (C=O) groups excluding carboxylic acids is 1. The second-order valence-corrected chi connectivity index (χ2v) is 9.23. The Kier molecular flexibility index (Phi) is 7.40. The van der Waals surface area contributed by atoms with Crippen LogP contribution in [0.4, 0.5) is 17.3 Å². The van der Waals surface area contributed by atoms with Gasteiger partial charge < -0.3 is 30.2 Å². The third-order valence-electron chi connectivity index (χ3n) is 5.74. The van der Waals surface area contributed by atoms with Crippen molar-refractivity contribution in [3.63, 3.8) is 0 Å². The molecule has 2 aromatic carbocycles. The minimum absolute atomic E-state index is 0.0299. The van der Waals surface area contributed by atoms with Crippen molar-refractivity contribution < 1.29 is 9.53 Å². The summed E-state index contributed by atoms with van der Waals surface area (Å²) < 4.78 is 7.98. The summed E-state index contributed by atoms with van der Waals surface area (Å²) in [6.07, 6.45) is 3.42. The third kappa shape index (κ3) is 5.58. The zero-order valence-electron chi connectivity index (χ0n) is 21.4. The van der Waals surface area contributed by atoms with Crippen LogP contribution < -0.4 is 20.7 Å². The lowest BCUT2D eigenvalue weighted by molar-refractivity contribution is 0.100. The Balaban J connectivity index is 1.64. The number of hydrogen-bond acceptors (Lipinski definition) is 7. The maximum Gasteiger partial charge on any atom is 0.250 e. The number of nitrogens with one attached hydrogen (secondary N) is 1. The van der Waals surface area contributed by atoms with Crippen molar-refractivity contribution in [2.75, 3.05) is 44.4 Å². The van der Waals surface area contributed by atoms with E-state index in [4.69, 9.17) is 10.5 Å². The number of carbonyl (C=O) groups is 1. The van der Waals surface area contributed by atoms with Gasteiger partial charge in [-0.3, -0.25) is 4.79 Å². The minimum atomic E-state index is -0.481. The van der Waals surface area contributed by atoms with Gasteiger partial charge in [0, 0.05) is 49.7 Å². The van der Waals surface area contributed by atoms with E-state index in [0.29, 0.717) is 17.3 Å². The summed E-state index contributed by atoms with van der Waals surface area (Å²) in [5, 5.41) is 4.07. The molecule has 4 rings (SSSR count). The number of nitrogens with two attached hydrogens (primary N) is 1. The summed E-state index contributed by atoms with van der Waals surface area (Å²) in [6, 6.07) is 15.4. The van der Waals surface area contributed by atoms with E-state index in [1.165, 1.54) is 0 Å². The molecule has 0 radical (unpaired) electrons. The van der Waals surface area contributed by atoms with E-state index in [1.54, 1.807) is 18.5 Å². The van der Waals surface area contributed by atoms with Crippen LogP contribution in [0.15, 0.2) is 60.9 Å². The number of fused-ring (bicyclic) bond motifs is 1. The molecule has 188 valence electrons. The number of para-hydroxylation sites is 1. The summed E-state index contributed by atoms with van der Waals surface area (Å²) in [6.45, 7) is 5.83. The highest BCUT2D eigenvalue weighted by atomic mass is 16.5. The van der Waals surface area contributed by atoms with Crippen LogP contribution in [0.1, 0.15) is 24.2 Å². The lowest BCUT2D eigenvalue weighted by Gasteiger charge is -2.25. The van der Waals surface area contributed by atoms with Crippen LogP contribution in [0, 0.1) is 0 Å². The second-order valence-electron chi connectivity index (χ2n) is 9.23. The van der Waals surface area contributed by atoms with Crippen molar-refractivity contribution in [1.82, 2.24) is 19.4 Å². The zero-order valence-corrected chi connectivity index (χ0v) is 21.4. The second kappa shape index (κ2) is 10.7. The van der Waals surface area contributed by atoms with Gasteiger partial charge in [-0.25, -0.2) is 4.98 Å². The topological polar surface area (TPSA) is 102 Å². The van der Waals surface area contributed by atoms with Gasteiger partial charge in [0.15, 0.2) is 0 Å². The molecule has 0 aliphatic heterocycles. The molecule has 9 nitrogen and oxygen atoms in total. The molecule has 9 heteroatoms. The molecule has 0 atom stereocenters. The van der Waals surface area contributed by atoms with Crippen LogP contribution in [0.5, 0.6) is 5.75 Å². The minimum Gasteiger partial charge on any atom is -0.489 e. The molecule has 0 saturated carbocycles. The summed E-state index contributed by atoms with van der Waals surface area (Å²) in [5.74, 6) is 1.35. The fourth-order valence-electron chi connectivity index (χ4n) is 3.96. The smallest absolute Gasteiger partial charge is 0.250 e. The molecular formula is C27H33N7O2. The van der Waals surface area contributed by atoms with Crippen LogP contribution in [0.3, 0.4) is 0 Å². The Morgan fingerprint density at radius 1 is 1.11 bits per heavy atom. The number of nitrogens with zero attached hydrogens (tertiary/aromatic N) is 5. The van der Waals surface area contributed by atoms with Crippen LogP contribution in [0.25, 0.3) is 16.7 Å². The van der Waals surface area contributed by atoms with Crippen LogP contribution in [0.2, 0.25) is 0 Å². The van der Waals surface area contributed by atoms with Crippen LogP contribution >= 0.6 is 0 Å². The Hall–Kier alpha value is -4.11. The van der Waals surface area contributed by atoms with Gasteiger partial charge in [0.05, 0.1) is 22.9 Å². The predicted molar refractivity (Wildman–Crippen MR) is 145 cm³/mol. The van der Waals surface area contributed by atoms with Crippen molar-refractivity contribution in [1.29, 1.82) is 0 Å². The number of likely N-dealkylation sites (N-methyl/N-ethyl adjacent to an activating group) is 2. The summed E-state index contributed by atoms with van der Waals surface area (Å²) in [4.78, 5) is 25.4. The van der Waals surface area contributed by atoms with Crippen molar-refractivity contribution in [3.8, 4) is 11.6 Å². The average molecular weight is 488 g/mol. The lowest BCUT2D eigenvalue weighted by atomic mass is 10.2. The third-order valence-corrected chi connectivity index (χ3v) is 5.74. The number of rotatable bonds is 10. The molecule has 1 amide bonds. The first-order chi connectivity index (χ1) is 17.2. The van der Waals surface area contributed by atoms with Crippen molar-refractivity contribution in [3.05, 3.63) is 66.5 Å². The molecule has 3 N–H and O–H groups in total. The molecule has 0 aliphatic carbocycles. The monoisotopic (exact) mass is 487 g/mol. The van der Waals surface area contributed by atoms with E-state index < -0.39 is 5.91 Å². The SMILES string of the molecule is CC(C)Oc1cc(Nc2nccc(-n3cc(C(N)=O)c4ccccc43)n2)ccc1N(C)CCN(C)C. The molecule has 0 saturated heterocycles. The Labute approximate surface area is 211 Å². The van der Waals surface area contributed by atoms with E-state index >= 15 is 0 Å². The lowest BCUT2D eigenvalue weighted by Crippen LogP contribution is -2.29. The maximum atomic E-state index is 12.0. The largest absolute Gasteiger partial charge is 0.489 e. The van der Waals surface area contributed by atoms with Crippen molar-refractivity contribution in [2.45, 2.75) is 20.0 Å². The molecule has 0 aliphatic rings. The number of ether oxygens (including phenoxy) is 1. The molecular weight excluding hydrogens is 454 g/mol. The standard InChI is InChI=1S/C27H33N7O2/c1-18(2)36-24-16-19(10-11-23(24)33(5)15-14-32(3)4)30-27-29-13-12-25(31-27)34-17-21(26(28)35)20-8-6-7-9-22(20)34/h6-13,16-18H,14-15H2,1-5H3,(H2,28,35)(H,29,30,31). The Bertz CT molecular complexity index is 1360. The summed E-state index contributed by atoms with van der Waals surface area (Å²) in [7, 11) is 6.19. The molecule has 0 bridgehead atoms. The fourth-order valence-corrected chi connectivity index (χ4v) is 3.96. The molecule has 36 heavy (non-hydrogen) atoms.